The Morgan fingerprint density at radius 3 is 2.36 bits per heavy atom. The molecule has 2 aliphatic rings. The lowest BCUT2D eigenvalue weighted by molar-refractivity contribution is 0.0652. The predicted octanol–water partition coefficient (Wildman–Crippen LogP) is 1.92. The lowest BCUT2D eigenvalue weighted by atomic mass is 9.93. The molecule has 152 valence electrons. The molecule has 1 fully saturated rings. The van der Waals surface area contributed by atoms with E-state index < -0.39 is 0 Å². The van der Waals surface area contributed by atoms with Crippen LogP contribution in [0.1, 0.15) is 66.2 Å². The highest BCUT2D eigenvalue weighted by Gasteiger charge is 2.34. The van der Waals surface area contributed by atoms with E-state index in [1.54, 1.807) is 24.3 Å². The maximum atomic E-state index is 12.3. The van der Waals surface area contributed by atoms with E-state index in [-0.39, 0.29) is 17.9 Å². The highest BCUT2D eigenvalue weighted by Crippen LogP contribution is 2.22. The van der Waals surface area contributed by atoms with E-state index in [9.17, 15) is 14.7 Å². The van der Waals surface area contributed by atoms with E-state index in [0.717, 1.165) is 51.0 Å². The topological polar surface area (TPSA) is 94.0 Å². The van der Waals surface area contributed by atoms with E-state index in [0.29, 0.717) is 30.3 Å². The second-order valence-corrected chi connectivity index (χ2v) is 7.43. The average Bonchev–Trinajstić information content (AvgIpc) is 2.94. The Kier molecular flexibility index (Phi) is 7.03. The fourth-order valence-corrected chi connectivity index (χ4v) is 3.75. The second-order valence-electron chi connectivity index (χ2n) is 7.43. The van der Waals surface area contributed by atoms with Gasteiger partial charge in [-0.15, -0.1) is 0 Å². The van der Waals surface area contributed by atoms with Crippen molar-refractivity contribution in [1.82, 2.24) is 15.5 Å². The van der Waals surface area contributed by atoms with Gasteiger partial charge in [-0.25, -0.2) is 0 Å². The van der Waals surface area contributed by atoms with Crippen LogP contribution in [0, 0.1) is 0 Å². The first-order valence-electron chi connectivity index (χ1n) is 10.3. The van der Waals surface area contributed by atoms with Crippen molar-refractivity contribution in [2.24, 2.45) is 4.99 Å². The summed E-state index contributed by atoms with van der Waals surface area (Å²) in [5, 5.41) is 16.3. The minimum atomic E-state index is -0.196. The molecule has 0 unspecified atom stereocenters. The lowest BCUT2D eigenvalue weighted by Gasteiger charge is -2.27. The quantitative estimate of drug-likeness (QED) is 0.288. The Labute approximate surface area is 166 Å². The number of hydrogen-bond acceptors (Lipinski definition) is 4. The third-order valence-corrected chi connectivity index (χ3v) is 5.32. The molecule has 0 saturated heterocycles. The number of imide groups is 1. The molecule has 0 spiro atoms. The molecule has 0 bridgehead atoms. The minimum absolute atomic E-state index is 0.167. The van der Waals surface area contributed by atoms with Gasteiger partial charge in [0.2, 0.25) is 0 Å². The van der Waals surface area contributed by atoms with Crippen LogP contribution >= 0.6 is 0 Å². The molecule has 7 nitrogen and oxygen atoms in total. The molecule has 0 aromatic heterocycles. The average molecular weight is 386 g/mol. The molecule has 1 aromatic rings. The highest BCUT2D eigenvalue weighted by atomic mass is 16.3. The summed E-state index contributed by atoms with van der Waals surface area (Å²) in [5.74, 6) is 0.404. The van der Waals surface area contributed by atoms with Gasteiger partial charge in [-0.2, -0.15) is 0 Å². The zero-order valence-electron chi connectivity index (χ0n) is 16.5. The zero-order valence-corrected chi connectivity index (χ0v) is 16.5. The van der Waals surface area contributed by atoms with Crippen LogP contribution in [0.5, 0.6) is 0 Å². The molecule has 0 atom stereocenters. The number of aliphatic hydroxyl groups is 1. The molecular formula is C21H30N4O3. The lowest BCUT2D eigenvalue weighted by Crippen LogP contribution is -2.45. The van der Waals surface area contributed by atoms with Crippen molar-refractivity contribution < 1.29 is 14.7 Å². The van der Waals surface area contributed by atoms with Crippen LogP contribution < -0.4 is 10.6 Å². The van der Waals surface area contributed by atoms with E-state index in [1.807, 2.05) is 6.92 Å². The molecule has 1 aromatic carbocycles. The van der Waals surface area contributed by atoms with Gasteiger partial charge in [0.05, 0.1) is 17.2 Å². The first-order valence-corrected chi connectivity index (χ1v) is 10.3. The number of nitrogens with one attached hydrogen (secondary N) is 2. The summed E-state index contributed by atoms with van der Waals surface area (Å²) >= 11 is 0. The summed E-state index contributed by atoms with van der Waals surface area (Å²) in [6, 6.07) is 7.32. The Bertz CT molecular complexity index is 691. The number of fused-ring (bicyclic) bond motifs is 1. The van der Waals surface area contributed by atoms with Crippen LogP contribution in [0.25, 0.3) is 0 Å². The largest absolute Gasteiger partial charge is 0.393 e. The smallest absolute Gasteiger partial charge is 0.261 e. The van der Waals surface area contributed by atoms with Gasteiger partial charge in [-0.1, -0.05) is 12.1 Å². The molecule has 1 aliphatic heterocycles. The van der Waals surface area contributed by atoms with Gasteiger partial charge in [0.1, 0.15) is 0 Å². The van der Waals surface area contributed by atoms with Crippen molar-refractivity contribution in [3.63, 3.8) is 0 Å². The molecule has 3 N–H and O–H groups in total. The molecule has 1 saturated carbocycles. The monoisotopic (exact) mass is 386 g/mol. The number of carbonyl (C=O) groups is 2. The molecule has 1 aliphatic carbocycles. The number of amides is 2. The molecule has 1 heterocycles. The summed E-state index contributed by atoms with van der Waals surface area (Å²) in [6.45, 7) is 3.88. The number of aliphatic imine (C=N–C) groups is 1. The number of hydrogen-bond donors (Lipinski definition) is 3. The van der Waals surface area contributed by atoms with Crippen molar-refractivity contribution >= 4 is 17.8 Å². The molecule has 7 heteroatoms. The molecule has 2 amide bonds. The maximum absolute atomic E-state index is 12.3. The Morgan fingerprint density at radius 2 is 1.75 bits per heavy atom. The number of benzene rings is 1. The van der Waals surface area contributed by atoms with Crippen LogP contribution in [-0.4, -0.2) is 59.6 Å². The maximum Gasteiger partial charge on any atom is 0.261 e. The van der Waals surface area contributed by atoms with E-state index in [2.05, 4.69) is 15.6 Å². The molecule has 0 radical (unpaired) electrons. The van der Waals surface area contributed by atoms with Gasteiger partial charge in [0, 0.05) is 25.7 Å². The first-order chi connectivity index (χ1) is 13.6. The van der Waals surface area contributed by atoms with Gasteiger partial charge >= 0.3 is 0 Å². The third kappa shape index (κ3) is 4.90. The fraction of sp³-hybridized carbons (Fsp3) is 0.571. The van der Waals surface area contributed by atoms with Crippen LogP contribution in [0.15, 0.2) is 29.3 Å². The third-order valence-electron chi connectivity index (χ3n) is 5.32. The van der Waals surface area contributed by atoms with Crippen LogP contribution in [-0.2, 0) is 0 Å². The number of guanidine groups is 1. The van der Waals surface area contributed by atoms with Crippen LogP contribution in [0.4, 0.5) is 0 Å². The number of aliphatic hydroxyl groups excluding tert-OH is 1. The molecule has 28 heavy (non-hydrogen) atoms. The van der Waals surface area contributed by atoms with Gasteiger partial charge in [-0.05, 0) is 57.6 Å². The van der Waals surface area contributed by atoms with Crippen molar-refractivity contribution in [2.75, 3.05) is 19.6 Å². The van der Waals surface area contributed by atoms with Gasteiger partial charge in [0.25, 0.3) is 11.8 Å². The number of carbonyl (C=O) groups excluding carboxylic acids is 2. The highest BCUT2D eigenvalue weighted by molar-refractivity contribution is 6.21. The Hall–Kier alpha value is -2.41. The normalized spacial score (nSPS) is 22.4. The predicted molar refractivity (Wildman–Crippen MR) is 108 cm³/mol. The molecular weight excluding hydrogens is 356 g/mol. The van der Waals surface area contributed by atoms with E-state index >= 15 is 0 Å². The zero-order chi connectivity index (χ0) is 19.9. The van der Waals surface area contributed by atoms with Crippen molar-refractivity contribution in [2.45, 2.75) is 57.6 Å². The SMILES string of the molecule is CCNC(=NCCCCN1C(=O)c2ccccc2C1=O)NC1CCC(O)CC1. The van der Waals surface area contributed by atoms with E-state index in [4.69, 9.17) is 0 Å². The summed E-state index contributed by atoms with van der Waals surface area (Å²) in [6.07, 6.45) is 4.92. The number of nitrogens with zero attached hydrogens (tertiary/aromatic N) is 2. The fourth-order valence-electron chi connectivity index (χ4n) is 3.75. The van der Waals surface area contributed by atoms with Crippen LogP contribution in [0.2, 0.25) is 0 Å². The summed E-state index contributed by atoms with van der Waals surface area (Å²) < 4.78 is 0. The number of rotatable bonds is 7. The van der Waals surface area contributed by atoms with Crippen LogP contribution in [0.3, 0.4) is 0 Å². The minimum Gasteiger partial charge on any atom is -0.393 e. The van der Waals surface area contributed by atoms with E-state index in [1.165, 1.54) is 4.90 Å². The van der Waals surface area contributed by atoms with Crippen molar-refractivity contribution in [3.8, 4) is 0 Å². The van der Waals surface area contributed by atoms with Crippen molar-refractivity contribution in [1.29, 1.82) is 0 Å². The Morgan fingerprint density at radius 1 is 1.11 bits per heavy atom. The number of unbranched alkanes of at least 4 members (excludes halogenated alkanes) is 1. The second kappa shape index (κ2) is 9.68. The summed E-state index contributed by atoms with van der Waals surface area (Å²) in [4.78, 5) is 30.6. The van der Waals surface area contributed by atoms with Gasteiger partial charge < -0.3 is 15.7 Å². The standard InChI is InChI=1S/C21H30N4O3/c1-2-22-21(24-15-9-11-16(26)12-10-15)23-13-5-6-14-25-19(27)17-7-3-4-8-18(17)20(25)28/h3-4,7-8,15-16,26H,2,5-6,9-14H2,1H3,(H2,22,23,24). The molecule has 3 rings (SSSR count). The van der Waals surface area contributed by atoms with Gasteiger partial charge in [-0.3, -0.25) is 19.5 Å². The first kappa shape index (κ1) is 20.3. The summed E-state index contributed by atoms with van der Waals surface area (Å²) in [7, 11) is 0. The summed E-state index contributed by atoms with van der Waals surface area (Å²) in [5.41, 5.74) is 1.00. The Balaban J connectivity index is 1.43. The van der Waals surface area contributed by atoms with Gasteiger partial charge in [0.15, 0.2) is 5.96 Å². The van der Waals surface area contributed by atoms with Crippen molar-refractivity contribution in [3.05, 3.63) is 35.4 Å².